The molecule has 1 aliphatic heterocycles. The van der Waals surface area contributed by atoms with Crippen molar-refractivity contribution in [3.05, 3.63) is 36.4 Å². The molecule has 0 aliphatic carbocycles. The number of anilines is 1. The summed E-state index contributed by atoms with van der Waals surface area (Å²) in [6.45, 7) is 3.59. The second kappa shape index (κ2) is 6.10. The number of rotatable bonds is 3. The molecule has 2 N–H and O–H groups in total. The second-order valence-electron chi connectivity index (χ2n) is 5.35. The molecule has 0 saturated carbocycles. The molecule has 1 fully saturated rings. The van der Waals surface area contributed by atoms with Crippen LogP contribution in [0.2, 0.25) is 0 Å². The SMILES string of the molecule is Cc1ncc(-c2ccc(NC(=O)C3CCCNC3)cc2)o1. The van der Waals surface area contributed by atoms with E-state index in [4.69, 9.17) is 4.42 Å². The van der Waals surface area contributed by atoms with Gasteiger partial charge in [-0.2, -0.15) is 0 Å². The summed E-state index contributed by atoms with van der Waals surface area (Å²) in [6, 6.07) is 7.63. The lowest BCUT2D eigenvalue weighted by molar-refractivity contribution is -0.120. The highest BCUT2D eigenvalue weighted by Crippen LogP contribution is 2.22. The first-order valence-corrected chi connectivity index (χ1v) is 7.27. The monoisotopic (exact) mass is 285 g/mol. The van der Waals surface area contributed by atoms with E-state index in [0.29, 0.717) is 5.89 Å². The maximum absolute atomic E-state index is 12.1. The summed E-state index contributed by atoms with van der Waals surface area (Å²) in [7, 11) is 0. The van der Waals surface area contributed by atoms with Crippen LogP contribution in [-0.4, -0.2) is 24.0 Å². The van der Waals surface area contributed by atoms with Crippen LogP contribution in [0.15, 0.2) is 34.9 Å². The number of carbonyl (C=O) groups excluding carboxylic acids is 1. The Morgan fingerprint density at radius 1 is 1.38 bits per heavy atom. The average Bonchev–Trinajstić information content (AvgIpc) is 2.95. The van der Waals surface area contributed by atoms with E-state index < -0.39 is 0 Å². The van der Waals surface area contributed by atoms with Gasteiger partial charge in [0.15, 0.2) is 11.7 Å². The summed E-state index contributed by atoms with van der Waals surface area (Å²) in [5, 5.41) is 6.22. The van der Waals surface area contributed by atoms with Gasteiger partial charge < -0.3 is 15.1 Å². The maximum Gasteiger partial charge on any atom is 0.228 e. The van der Waals surface area contributed by atoms with Crippen LogP contribution in [-0.2, 0) is 4.79 Å². The molecular formula is C16H19N3O2. The topological polar surface area (TPSA) is 67.2 Å². The van der Waals surface area contributed by atoms with Gasteiger partial charge in [-0.1, -0.05) is 0 Å². The van der Waals surface area contributed by atoms with E-state index >= 15 is 0 Å². The Kier molecular flexibility index (Phi) is 4.01. The first-order valence-electron chi connectivity index (χ1n) is 7.27. The van der Waals surface area contributed by atoms with Gasteiger partial charge in [0.2, 0.25) is 5.91 Å². The van der Waals surface area contributed by atoms with Crippen LogP contribution in [0.25, 0.3) is 11.3 Å². The van der Waals surface area contributed by atoms with Crippen LogP contribution in [0.4, 0.5) is 5.69 Å². The molecule has 2 aromatic rings. The third-order valence-electron chi connectivity index (χ3n) is 3.73. The minimum absolute atomic E-state index is 0.0651. The van der Waals surface area contributed by atoms with Crippen LogP contribution in [0.1, 0.15) is 18.7 Å². The van der Waals surface area contributed by atoms with Crippen LogP contribution in [0.5, 0.6) is 0 Å². The van der Waals surface area contributed by atoms with E-state index in [1.165, 1.54) is 0 Å². The maximum atomic E-state index is 12.1. The molecule has 1 saturated heterocycles. The van der Waals surface area contributed by atoms with Crippen molar-refractivity contribution < 1.29 is 9.21 Å². The quantitative estimate of drug-likeness (QED) is 0.909. The lowest BCUT2D eigenvalue weighted by atomic mass is 9.99. The smallest absolute Gasteiger partial charge is 0.228 e. The predicted octanol–water partition coefficient (Wildman–Crippen LogP) is 2.59. The zero-order valence-corrected chi connectivity index (χ0v) is 12.1. The van der Waals surface area contributed by atoms with Crippen LogP contribution >= 0.6 is 0 Å². The summed E-state index contributed by atoms with van der Waals surface area (Å²) >= 11 is 0. The molecule has 0 spiro atoms. The lowest BCUT2D eigenvalue weighted by Crippen LogP contribution is -2.37. The molecule has 1 atom stereocenters. The third-order valence-corrected chi connectivity index (χ3v) is 3.73. The molecule has 5 nitrogen and oxygen atoms in total. The zero-order valence-electron chi connectivity index (χ0n) is 12.1. The Morgan fingerprint density at radius 3 is 2.81 bits per heavy atom. The normalized spacial score (nSPS) is 18.4. The van der Waals surface area contributed by atoms with Gasteiger partial charge in [0.25, 0.3) is 0 Å². The van der Waals surface area contributed by atoms with E-state index in [2.05, 4.69) is 15.6 Å². The van der Waals surface area contributed by atoms with Gasteiger partial charge in [-0.3, -0.25) is 4.79 Å². The van der Waals surface area contributed by atoms with Crippen molar-refractivity contribution in [1.82, 2.24) is 10.3 Å². The molecular weight excluding hydrogens is 266 g/mol. The van der Waals surface area contributed by atoms with Gasteiger partial charge in [-0.15, -0.1) is 0 Å². The van der Waals surface area contributed by atoms with Gasteiger partial charge in [0.05, 0.1) is 12.1 Å². The van der Waals surface area contributed by atoms with Gasteiger partial charge in [-0.05, 0) is 43.7 Å². The van der Waals surface area contributed by atoms with Crippen molar-refractivity contribution in [1.29, 1.82) is 0 Å². The molecule has 1 aliphatic rings. The first-order chi connectivity index (χ1) is 10.2. The van der Waals surface area contributed by atoms with E-state index in [0.717, 1.165) is 42.9 Å². The molecule has 110 valence electrons. The molecule has 3 rings (SSSR count). The van der Waals surface area contributed by atoms with Crippen LogP contribution in [0, 0.1) is 12.8 Å². The number of benzene rings is 1. The van der Waals surface area contributed by atoms with Crippen LogP contribution < -0.4 is 10.6 Å². The number of hydrogen-bond acceptors (Lipinski definition) is 4. The number of amides is 1. The molecule has 1 unspecified atom stereocenters. The highest BCUT2D eigenvalue weighted by molar-refractivity contribution is 5.93. The number of piperidine rings is 1. The van der Waals surface area contributed by atoms with Crippen molar-refractivity contribution >= 4 is 11.6 Å². The molecule has 0 bridgehead atoms. The van der Waals surface area contributed by atoms with Gasteiger partial charge >= 0.3 is 0 Å². The lowest BCUT2D eigenvalue weighted by Gasteiger charge is -2.21. The zero-order chi connectivity index (χ0) is 14.7. The molecule has 1 aromatic carbocycles. The fraction of sp³-hybridized carbons (Fsp3) is 0.375. The van der Waals surface area contributed by atoms with Crippen LogP contribution in [0.3, 0.4) is 0 Å². The second-order valence-corrected chi connectivity index (χ2v) is 5.35. The number of nitrogens with one attached hydrogen (secondary N) is 2. The average molecular weight is 285 g/mol. The number of aryl methyl sites for hydroxylation is 1. The van der Waals surface area contributed by atoms with E-state index in [-0.39, 0.29) is 11.8 Å². The Balaban J connectivity index is 1.65. The number of oxazole rings is 1. The Bertz CT molecular complexity index is 613. The van der Waals surface area contributed by atoms with E-state index in [1.54, 1.807) is 6.20 Å². The minimum Gasteiger partial charge on any atom is -0.441 e. The van der Waals surface area contributed by atoms with Gasteiger partial charge in [0, 0.05) is 24.7 Å². The first kappa shape index (κ1) is 13.8. The van der Waals surface area contributed by atoms with Crippen molar-refractivity contribution in [2.45, 2.75) is 19.8 Å². The highest BCUT2D eigenvalue weighted by Gasteiger charge is 2.20. The molecule has 21 heavy (non-hydrogen) atoms. The number of hydrogen-bond donors (Lipinski definition) is 2. The van der Waals surface area contributed by atoms with E-state index in [9.17, 15) is 4.79 Å². The Hall–Kier alpha value is -2.14. The van der Waals surface area contributed by atoms with Crippen molar-refractivity contribution in [3.63, 3.8) is 0 Å². The Labute approximate surface area is 123 Å². The standard InChI is InChI=1S/C16H19N3O2/c1-11-18-10-15(21-11)12-4-6-14(7-5-12)19-16(20)13-3-2-8-17-9-13/h4-7,10,13,17H,2-3,8-9H2,1H3,(H,19,20). The summed E-state index contributed by atoms with van der Waals surface area (Å²) in [5.74, 6) is 1.54. The third kappa shape index (κ3) is 3.31. The minimum atomic E-state index is 0.0651. The van der Waals surface area contributed by atoms with Gasteiger partial charge in [-0.25, -0.2) is 4.98 Å². The summed E-state index contributed by atoms with van der Waals surface area (Å²) in [4.78, 5) is 16.2. The predicted molar refractivity (Wildman–Crippen MR) is 80.9 cm³/mol. The van der Waals surface area contributed by atoms with Crippen molar-refractivity contribution in [2.75, 3.05) is 18.4 Å². The molecule has 2 heterocycles. The fourth-order valence-corrected chi connectivity index (χ4v) is 2.53. The summed E-state index contributed by atoms with van der Waals surface area (Å²) < 4.78 is 5.48. The molecule has 0 radical (unpaired) electrons. The Morgan fingerprint density at radius 2 is 2.19 bits per heavy atom. The molecule has 1 aromatic heterocycles. The van der Waals surface area contributed by atoms with E-state index in [1.807, 2.05) is 31.2 Å². The number of nitrogens with zero attached hydrogens (tertiary/aromatic N) is 1. The fourth-order valence-electron chi connectivity index (χ4n) is 2.53. The van der Waals surface area contributed by atoms with Gasteiger partial charge in [0.1, 0.15) is 0 Å². The molecule has 1 amide bonds. The number of carbonyl (C=O) groups is 1. The molecule has 5 heteroatoms. The summed E-state index contributed by atoms with van der Waals surface area (Å²) in [6.07, 6.45) is 3.72. The van der Waals surface area contributed by atoms with Crippen molar-refractivity contribution in [2.24, 2.45) is 5.92 Å². The largest absolute Gasteiger partial charge is 0.441 e. The number of aromatic nitrogens is 1. The van der Waals surface area contributed by atoms with Crippen molar-refractivity contribution in [3.8, 4) is 11.3 Å². The summed E-state index contributed by atoms with van der Waals surface area (Å²) in [5.41, 5.74) is 1.76. The highest BCUT2D eigenvalue weighted by atomic mass is 16.4.